The number of nitrogens with zero attached hydrogens (tertiary/aromatic N) is 2. The van der Waals surface area contributed by atoms with Crippen LogP contribution in [0.1, 0.15) is 32.6 Å². The molecule has 1 aromatic carbocycles. The Balaban J connectivity index is 1.43. The van der Waals surface area contributed by atoms with Crippen LogP contribution in [-0.2, 0) is 14.4 Å². The lowest BCUT2D eigenvalue weighted by molar-refractivity contribution is -0.144. The van der Waals surface area contributed by atoms with Gasteiger partial charge in [-0.15, -0.1) is 0 Å². The van der Waals surface area contributed by atoms with Crippen LogP contribution in [0.5, 0.6) is 0 Å². The number of carbonyl (C=O) groups is 4. The molecule has 0 unspecified atom stereocenters. The van der Waals surface area contributed by atoms with Crippen LogP contribution < -0.4 is 5.32 Å². The Kier molecular flexibility index (Phi) is 4.64. The van der Waals surface area contributed by atoms with E-state index in [9.17, 15) is 23.6 Å². The van der Waals surface area contributed by atoms with E-state index >= 15 is 0 Å². The fourth-order valence-electron chi connectivity index (χ4n) is 4.97. The molecule has 28 heavy (non-hydrogen) atoms. The third-order valence-electron chi connectivity index (χ3n) is 6.33. The Bertz CT molecular complexity index is 840. The predicted molar refractivity (Wildman–Crippen MR) is 97.4 cm³/mol. The summed E-state index contributed by atoms with van der Waals surface area (Å²) in [6.45, 7) is 1.26. The Labute approximate surface area is 161 Å². The van der Waals surface area contributed by atoms with Gasteiger partial charge in [0, 0.05) is 11.7 Å². The first-order chi connectivity index (χ1) is 13.3. The molecule has 5 amide bonds. The maximum atomic E-state index is 12.9. The first kappa shape index (κ1) is 18.6. The maximum Gasteiger partial charge on any atom is 0.334 e. The molecule has 3 aliphatic rings. The highest BCUT2D eigenvalue weighted by Crippen LogP contribution is 2.50. The minimum absolute atomic E-state index is 0.215. The van der Waals surface area contributed by atoms with Crippen molar-refractivity contribution in [3.05, 3.63) is 30.1 Å². The summed E-state index contributed by atoms with van der Waals surface area (Å²) in [7, 11) is 0. The van der Waals surface area contributed by atoms with Crippen molar-refractivity contribution in [2.24, 2.45) is 17.8 Å². The van der Waals surface area contributed by atoms with Gasteiger partial charge in [0.1, 0.15) is 12.4 Å². The van der Waals surface area contributed by atoms with Gasteiger partial charge in [-0.25, -0.2) is 14.1 Å². The Morgan fingerprint density at radius 1 is 1.14 bits per heavy atom. The standard InChI is InChI=1S/C20H22FN3O4/c1-11(16-9-12-2-3-13(16)8-12)24-19(27)18(26)23(20(24)28)10-17(25)22-15-6-4-14(21)5-7-15/h4-7,11-13,16H,2-3,8-10H2,1H3,(H,22,25)/t11-,12-,13-,16+/m1/s1. The van der Waals surface area contributed by atoms with Crippen molar-refractivity contribution in [2.45, 2.75) is 38.6 Å². The number of hydrogen-bond donors (Lipinski definition) is 1. The topological polar surface area (TPSA) is 86.8 Å². The summed E-state index contributed by atoms with van der Waals surface area (Å²) in [6, 6.07) is 4.02. The second-order valence-corrected chi connectivity index (χ2v) is 7.98. The van der Waals surface area contributed by atoms with Crippen LogP contribution in [-0.4, -0.2) is 46.1 Å². The minimum Gasteiger partial charge on any atom is -0.325 e. The van der Waals surface area contributed by atoms with Crippen molar-refractivity contribution in [3.8, 4) is 0 Å². The van der Waals surface area contributed by atoms with Gasteiger partial charge < -0.3 is 5.32 Å². The molecule has 0 aromatic heterocycles. The van der Waals surface area contributed by atoms with Crippen LogP contribution in [0.4, 0.5) is 14.9 Å². The average Bonchev–Trinajstić information content (AvgIpc) is 3.35. The number of urea groups is 1. The maximum absolute atomic E-state index is 12.9. The second kappa shape index (κ2) is 7.00. The summed E-state index contributed by atoms with van der Waals surface area (Å²) in [6.07, 6.45) is 4.41. The summed E-state index contributed by atoms with van der Waals surface area (Å²) in [5.74, 6) is -1.56. The van der Waals surface area contributed by atoms with Crippen LogP contribution in [0, 0.1) is 23.6 Å². The van der Waals surface area contributed by atoms with Crippen molar-refractivity contribution in [1.82, 2.24) is 9.80 Å². The van der Waals surface area contributed by atoms with Gasteiger partial charge in [0.25, 0.3) is 0 Å². The molecule has 7 nitrogen and oxygen atoms in total. The zero-order valence-electron chi connectivity index (χ0n) is 15.6. The van der Waals surface area contributed by atoms with E-state index in [4.69, 9.17) is 0 Å². The molecule has 4 atom stereocenters. The summed E-state index contributed by atoms with van der Waals surface area (Å²) in [4.78, 5) is 51.4. The number of benzene rings is 1. The lowest BCUT2D eigenvalue weighted by Gasteiger charge is -2.32. The molecule has 1 heterocycles. The van der Waals surface area contributed by atoms with E-state index in [1.165, 1.54) is 30.7 Å². The largest absolute Gasteiger partial charge is 0.334 e. The Morgan fingerprint density at radius 2 is 1.86 bits per heavy atom. The van der Waals surface area contributed by atoms with Crippen molar-refractivity contribution >= 4 is 29.4 Å². The van der Waals surface area contributed by atoms with Crippen LogP contribution in [0.3, 0.4) is 0 Å². The molecule has 4 rings (SSSR count). The highest BCUT2D eigenvalue weighted by atomic mass is 19.1. The van der Waals surface area contributed by atoms with Crippen molar-refractivity contribution in [3.63, 3.8) is 0 Å². The Hall–Kier alpha value is -2.77. The number of imide groups is 2. The first-order valence-corrected chi connectivity index (χ1v) is 9.59. The van der Waals surface area contributed by atoms with Gasteiger partial charge in [-0.1, -0.05) is 6.42 Å². The molecule has 1 aliphatic heterocycles. The smallest absolute Gasteiger partial charge is 0.325 e. The van der Waals surface area contributed by atoms with Crippen LogP contribution >= 0.6 is 0 Å². The molecule has 1 aromatic rings. The molecule has 3 fully saturated rings. The number of fused-ring (bicyclic) bond motifs is 2. The minimum atomic E-state index is -0.978. The van der Waals surface area contributed by atoms with Gasteiger partial charge >= 0.3 is 17.8 Å². The summed E-state index contributed by atoms with van der Waals surface area (Å²) in [5.41, 5.74) is 0.337. The van der Waals surface area contributed by atoms with Gasteiger partial charge in [-0.3, -0.25) is 19.3 Å². The van der Waals surface area contributed by atoms with E-state index in [1.807, 2.05) is 6.92 Å². The molecule has 0 spiro atoms. The predicted octanol–water partition coefficient (Wildman–Crippen LogP) is 2.38. The van der Waals surface area contributed by atoms with E-state index in [0.29, 0.717) is 22.4 Å². The molecular formula is C20H22FN3O4. The molecule has 0 radical (unpaired) electrons. The lowest BCUT2D eigenvalue weighted by Crippen LogP contribution is -2.45. The summed E-state index contributed by atoms with van der Waals surface area (Å²) < 4.78 is 12.9. The van der Waals surface area contributed by atoms with Gasteiger partial charge in [0.05, 0.1) is 0 Å². The van der Waals surface area contributed by atoms with Gasteiger partial charge in [0.15, 0.2) is 0 Å². The number of carbonyl (C=O) groups excluding carboxylic acids is 4. The van der Waals surface area contributed by atoms with E-state index in [-0.39, 0.29) is 12.0 Å². The number of halogens is 1. The molecule has 1 N–H and O–H groups in total. The van der Waals surface area contributed by atoms with Crippen molar-refractivity contribution in [2.75, 3.05) is 11.9 Å². The van der Waals surface area contributed by atoms with Crippen LogP contribution in [0.25, 0.3) is 0 Å². The fraction of sp³-hybridized carbons (Fsp3) is 0.500. The number of hydrogen-bond acceptors (Lipinski definition) is 4. The third-order valence-corrected chi connectivity index (χ3v) is 6.33. The van der Waals surface area contributed by atoms with E-state index < -0.39 is 36.1 Å². The van der Waals surface area contributed by atoms with Crippen molar-refractivity contribution < 1.29 is 23.6 Å². The zero-order chi connectivity index (χ0) is 20.0. The number of anilines is 1. The van der Waals surface area contributed by atoms with Crippen LogP contribution in [0.15, 0.2) is 24.3 Å². The first-order valence-electron chi connectivity index (χ1n) is 9.59. The highest BCUT2D eigenvalue weighted by molar-refractivity contribution is 6.45. The zero-order valence-corrected chi connectivity index (χ0v) is 15.6. The third kappa shape index (κ3) is 3.16. The van der Waals surface area contributed by atoms with Gasteiger partial charge in [-0.2, -0.15) is 0 Å². The lowest BCUT2D eigenvalue weighted by atomic mass is 9.83. The highest BCUT2D eigenvalue weighted by Gasteiger charge is 2.52. The van der Waals surface area contributed by atoms with Crippen LogP contribution in [0.2, 0.25) is 0 Å². The van der Waals surface area contributed by atoms with E-state index in [0.717, 1.165) is 24.2 Å². The van der Waals surface area contributed by atoms with Gasteiger partial charge in [0.2, 0.25) is 5.91 Å². The molecule has 148 valence electrons. The number of amides is 5. The molecule has 2 saturated carbocycles. The average molecular weight is 387 g/mol. The summed E-state index contributed by atoms with van der Waals surface area (Å²) >= 11 is 0. The second-order valence-electron chi connectivity index (χ2n) is 7.98. The molecule has 2 aliphatic carbocycles. The van der Waals surface area contributed by atoms with Gasteiger partial charge in [-0.05, 0) is 68.2 Å². The fourth-order valence-corrected chi connectivity index (χ4v) is 4.97. The Morgan fingerprint density at radius 3 is 2.46 bits per heavy atom. The quantitative estimate of drug-likeness (QED) is 0.621. The monoisotopic (exact) mass is 387 g/mol. The molecule has 2 bridgehead atoms. The SMILES string of the molecule is C[C@H]([C@@H]1C[C@@H]2CC[C@@H]1C2)N1C(=O)C(=O)N(CC(=O)Nc2ccc(F)cc2)C1=O. The number of rotatable bonds is 5. The van der Waals surface area contributed by atoms with E-state index in [2.05, 4.69) is 5.32 Å². The summed E-state index contributed by atoms with van der Waals surface area (Å²) in [5, 5.41) is 2.49. The molecular weight excluding hydrogens is 365 g/mol. The van der Waals surface area contributed by atoms with Crippen molar-refractivity contribution in [1.29, 1.82) is 0 Å². The molecule has 8 heteroatoms. The molecule has 1 saturated heterocycles. The normalized spacial score (nSPS) is 27.6. The van der Waals surface area contributed by atoms with E-state index in [1.54, 1.807) is 0 Å². The number of nitrogens with one attached hydrogen (secondary N) is 1.